The van der Waals surface area contributed by atoms with Crippen LogP contribution in [0.2, 0.25) is 0 Å². The molecule has 1 saturated heterocycles. The van der Waals surface area contributed by atoms with Crippen LogP contribution >= 0.6 is 0 Å². The largest absolute Gasteiger partial charge is 0.508 e. The number of carbonyl (C=O) groups excluding carboxylic acids is 1. The van der Waals surface area contributed by atoms with Crippen molar-refractivity contribution in [1.29, 1.82) is 0 Å². The number of aliphatic hydroxyl groups excluding tert-OH is 1. The Morgan fingerprint density at radius 1 is 0.871 bits per heavy atom. The summed E-state index contributed by atoms with van der Waals surface area (Å²) in [5.74, 6) is -0.380. The highest BCUT2D eigenvalue weighted by Gasteiger charge is 2.38. The minimum absolute atomic E-state index is 0.0182. The van der Waals surface area contributed by atoms with Gasteiger partial charge in [0.05, 0.1) is 18.6 Å². The molecule has 6 heteroatoms. The van der Waals surface area contributed by atoms with Crippen molar-refractivity contribution in [2.45, 2.75) is 39.3 Å². The molecule has 0 aliphatic carbocycles. The average molecular weight is 427 g/mol. The zero-order valence-corrected chi connectivity index (χ0v) is 17.8. The van der Waals surface area contributed by atoms with E-state index in [1.54, 1.807) is 60.4 Å². The van der Waals surface area contributed by atoms with Gasteiger partial charge in [0.1, 0.15) is 17.4 Å². The Balaban J connectivity index is 0.000000241. The third-order valence-electron chi connectivity index (χ3n) is 4.68. The van der Waals surface area contributed by atoms with Gasteiger partial charge in [0, 0.05) is 5.69 Å². The van der Waals surface area contributed by atoms with Gasteiger partial charge in [0.25, 0.3) is 0 Å². The zero-order chi connectivity index (χ0) is 23.0. The van der Waals surface area contributed by atoms with Gasteiger partial charge in [0.2, 0.25) is 5.91 Å². The van der Waals surface area contributed by atoms with Crippen LogP contribution in [0.4, 0.5) is 14.5 Å². The van der Waals surface area contributed by atoms with E-state index in [1.807, 2.05) is 13.8 Å². The third-order valence-corrected chi connectivity index (χ3v) is 4.68. The summed E-state index contributed by atoms with van der Waals surface area (Å²) in [5.41, 5.74) is 2.39. The highest BCUT2D eigenvalue weighted by atomic mass is 19.1. The van der Waals surface area contributed by atoms with Crippen molar-refractivity contribution < 1.29 is 23.8 Å². The zero-order valence-electron chi connectivity index (χ0n) is 17.8. The molecule has 1 aliphatic rings. The fourth-order valence-electron chi connectivity index (χ4n) is 3.05. The fourth-order valence-corrected chi connectivity index (χ4v) is 3.05. The highest BCUT2D eigenvalue weighted by Crippen LogP contribution is 2.39. The molecule has 31 heavy (non-hydrogen) atoms. The van der Waals surface area contributed by atoms with Crippen LogP contribution in [0.3, 0.4) is 0 Å². The maximum absolute atomic E-state index is 12.9. The molecule has 1 fully saturated rings. The van der Waals surface area contributed by atoms with E-state index in [1.165, 1.54) is 24.3 Å². The van der Waals surface area contributed by atoms with Gasteiger partial charge in [-0.15, -0.1) is 0 Å². The summed E-state index contributed by atoms with van der Waals surface area (Å²) in [5, 5.41) is 18.3. The van der Waals surface area contributed by atoms with Crippen LogP contribution in [0.1, 0.15) is 50.5 Å². The molecule has 3 aromatic carbocycles. The van der Waals surface area contributed by atoms with E-state index in [4.69, 9.17) is 5.11 Å². The molecule has 164 valence electrons. The van der Waals surface area contributed by atoms with Crippen LogP contribution in [0.25, 0.3) is 0 Å². The number of carbonyl (C=O) groups is 1. The monoisotopic (exact) mass is 427 g/mol. The van der Waals surface area contributed by atoms with Gasteiger partial charge < -0.3 is 15.1 Å². The molecular formula is C25H27F2NO3. The van der Waals surface area contributed by atoms with Gasteiger partial charge in [-0.1, -0.05) is 38.1 Å². The van der Waals surface area contributed by atoms with Crippen molar-refractivity contribution in [3.05, 3.63) is 95.6 Å². The lowest BCUT2D eigenvalue weighted by molar-refractivity contribution is -0.124. The lowest BCUT2D eigenvalue weighted by Gasteiger charge is -2.40. The average Bonchev–Trinajstić information content (AvgIpc) is 2.76. The Labute approximate surface area is 181 Å². The topological polar surface area (TPSA) is 60.8 Å². The first-order chi connectivity index (χ1) is 14.8. The lowest BCUT2D eigenvalue weighted by Crippen LogP contribution is -2.46. The maximum Gasteiger partial charge on any atom is 0.230 e. The van der Waals surface area contributed by atoms with Gasteiger partial charge in [-0.3, -0.25) is 4.79 Å². The first kappa shape index (κ1) is 24.0. The Morgan fingerprint density at radius 3 is 1.81 bits per heavy atom. The quantitative estimate of drug-likeness (QED) is 0.511. The van der Waals surface area contributed by atoms with Gasteiger partial charge in [-0.2, -0.15) is 0 Å². The number of benzene rings is 3. The standard InChI is InChI=1S/C15H12FNO2.C8H9FO.C2H6/c16-11-3-5-12(6-4-11)17-14(9-15(17)19)10-1-7-13(18)8-2-10;1-6(10)7-2-4-8(9)5-3-7;1-2/h1-8,14,18H,9H2;2-6,10H,1H3;1-2H3. The molecule has 0 radical (unpaired) electrons. The summed E-state index contributed by atoms with van der Waals surface area (Å²) in [6, 6.07) is 18.4. The van der Waals surface area contributed by atoms with E-state index in [9.17, 15) is 18.7 Å². The number of hydrogen-bond acceptors (Lipinski definition) is 3. The molecule has 1 amide bonds. The number of hydrogen-bond donors (Lipinski definition) is 2. The van der Waals surface area contributed by atoms with E-state index in [0.717, 1.165) is 11.1 Å². The second-order valence-corrected chi connectivity index (χ2v) is 6.78. The summed E-state index contributed by atoms with van der Waals surface area (Å²) in [7, 11) is 0. The smallest absolute Gasteiger partial charge is 0.230 e. The minimum atomic E-state index is -0.513. The second kappa shape index (κ2) is 11.2. The summed E-state index contributed by atoms with van der Waals surface area (Å²) in [6.45, 7) is 5.65. The number of aromatic hydroxyl groups is 1. The van der Waals surface area contributed by atoms with Crippen molar-refractivity contribution in [2.24, 2.45) is 0 Å². The van der Waals surface area contributed by atoms with Crippen molar-refractivity contribution in [3.63, 3.8) is 0 Å². The predicted octanol–water partition coefficient (Wildman–Crippen LogP) is 5.91. The molecule has 2 unspecified atom stereocenters. The fraction of sp³-hybridized carbons (Fsp3) is 0.240. The van der Waals surface area contributed by atoms with Gasteiger partial charge in [-0.25, -0.2) is 8.78 Å². The molecule has 0 saturated carbocycles. The summed E-state index contributed by atoms with van der Waals surface area (Å²) < 4.78 is 25.2. The Bertz CT molecular complexity index is 956. The summed E-state index contributed by atoms with van der Waals surface area (Å²) in [6.07, 6.45) is -0.0806. The summed E-state index contributed by atoms with van der Waals surface area (Å²) in [4.78, 5) is 13.4. The SMILES string of the molecule is CC.CC(O)c1ccc(F)cc1.O=C1CC(c2ccc(O)cc2)N1c1ccc(F)cc1. The van der Waals surface area contributed by atoms with Crippen LogP contribution in [0.15, 0.2) is 72.8 Å². The van der Waals surface area contributed by atoms with Crippen LogP contribution in [-0.4, -0.2) is 16.1 Å². The van der Waals surface area contributed by atoms with Crippen molar-refractivity contribution in [2.75, 3.05) is 4.90 Å². The number of halogens is 2. The van der Waals surface area contributed by atoms with Crippen LogP contribution in [-0.2, 0) is 4.79 Å². The number of amides is 1. The molecule has 2 atom stereocenters. The predicted molar refractivity (Wildman–Crippen MR) is 118 cm³/mol. The molecule has 4 rings (SSSR count). The van der Waals surface area contributed by atoms with Crippen molar-refractivity contribution in [1.82, 2.24) is 0 Å². The molecular weight excluding hydrogens is 400 g/mol. The maximum atomic E-state index is 12.9. The highest BCUT2D eigenvalue weighted by molar-refractivity contribution is 6.01. The number of nitrogens with zero attached hydrogens (tertiary/aromatic N) is 1. The van der Waals surface area contributed by atoms with E-state index in [2.05, 4.69) is 0 Å². The Morgan fingerprint density at radius 2 is 1.35 bits per heavy atom. The van der Waals surface area contributed by atoms with Crippen molar-refractivity contribution >= 4 is 11.6 Å². The van der Waals surface area contributed by atoms with E-state index in [-0.39, 0.29) is 29.3 Å². The number of β-lactam (4-membered cyclic amide) rings is 1. The van der Waals surface area contributed by atoms with Gasteiger partial charge in [-0.05, 0) is 66.6 Å². The molecule has 2 N–H and O–H groups in total. The molecule has 3 aromatic rings. The van der Waals surface area contributed by atoms with Crippen LogP contribution < -0.4 is 4.90 Å². The summed E-state index contributed by atoms with van der Waals surface area (Å²) >= 11 is 0. The van der Waals surface area contributed by atoms with Gasteiger partial charge >= 0.3 is 0 Å². The van der Waals surface area contributed by atoms with Crippen LogP contribution in [0.5, 0.6) is 5.75 Å². The van der Waals surface area contributed by atoms with E-state index < -0.39 is 6.10 Å². The lowest BCUT2D eigenvalue weighted by atomic mass is 9.93. The van der Waals surface area contributed by atoms with E-state index >= 15 is 0 Å². The molecule has 1 aliphatic heterocycles. The normalized spacial score (nSPS) is 15.6. The molecule has 4 nitrogen and oxygen atoms in total. The minimum Gasteiger partial charge on any atom is -0.508 e. The second-order valence-electron chi connectivity index (χ2n) is 6.78. The Kier molecular flexibility index (Phi) is 8.70. The Hall–Kier alpha value is -3.25. The number of phenols is 1. The van der Waals surface area contributed by atoms with E-state index in [0.29, 0.717) is 12.1 Å². The third kappa shape index (κ3) is 6.36. The molecule has 0 bridgehead atoms. The molecule has 0 aromatic heterocycles. The number of aliphatic hydroxyl groups is 1. The first-order valence-electron chi connectivity index (χ1n) is 10.1. The molecule has 0 spiro atoms. The number of anilines is 1. The van der Waals surface area contributed by atoms with Crippen molar-refractivity contribution in [3.8, 4) is 5.75 Å². The molecule has 1 heterocycles. The number of rotatable bonds is 3. The van der Waals surface area contributed by atoms with Gasteiger partial charge in [0.15, 0.2) is 0 Å². The van der Waals surface area contributed by atoms with Crippen LogP contribution in [0, 0.1) is 11.6 Å². The first-order valence-corrected chi connectivity index (χ1v) is 10.1. The number of phenolic OH excluding ortho intramolecular Hbond substituents is 1.